The lowest BCUT2D eigenvalue weighted by atomic mass is 9.81. The second-order valence-electron chi connectivity index (χ2n) is 8.04. The quantitative estimate of drug-likeness (QED) is 0.587. The summed E-state index contributed by atoms with van der Waals surface area (Å²) in [6.07, 6.45) is 5.46. The minimum atomic E-state index is -0.457. The maximum absolute atomic E-state index is 11.8. The van der Waals surface area contributed by atoms with Gasteiger partial charge in [-0.1, -0.05) is 12.8 Å². The Morgan fingerprint density at radius 1 is 1.12 bits per heavy atom. The fourth-order valence-electron chi connectivity index (χ4n) is 5.18. The van der Waals surface area contributed by atoms with Crippen molar-refractivity contribution in [2.45, 2.75) is 49.2 Å². The molecule has 1 saturated carbocycles. The number of nitrogens with one attached hydrogen (secondary N) is 3. The summed E-state index contributed by atoms with van der Waals surface area (Å²) in [6.45, 7) is 5.94. The van der Waals surface area contributed by atoms with E-state index in [4.69, 9.17) is 11.6 Å². The first-order valence-electron chi connectivity index (χ1n) is 9.75. The van der Waals surface area contributed by atoms with Gasteiger partial charge < -0.3 is 0 Å². The molecule has 1 aliphatic carbocycles. The number of piperazine rings is 1. The Hall–Kier alpha value is -0.440. The van der Waals surface area contributed by atoms with Gasteiger partial charge >= 0.3 is 0 Å². The second-order valence-corrected chi connectivity index (χ2v) is 8.51. The first-order valence-corrected chi connectivity index (χ1v) is 10.2. The SMILES string of the molecule is CN1NC(CN2CCN(C3CNNC(=O)C3Cl)CC2)C2CCCCC21. The Balaban J connectivity index is 1.28. The number of nitrogens with zero attached hydrogens (tertiary/aromatic N) is 3. The van der Waals surface area contributed by atoms with E-state index >= 15 is 0 Å². The highest BCUT2D eigenvalue weighted by Gasteiger charge is 2.42. The van der Waals surface area contributed by atoms with Crippen LogP contribution in [0.2, 0.25) is 0 Å². The summed E-state index contributed by atoms with van der Waals surface area (Å²) in [6, 6.07) is 1.41. The van der Waals surface area contributed by atoms with Crippen molar-refractivity contribution in [3.8, 4) is 0 Å². The molecule has 3 heterocycles. The van der Waals surface area contributed by atoms with Crippen LogP contribution < -0.4 is 16.3 Å². The van der Waals surface area contributed by atoms with Crippen molar-refractivity contribution in [2.24, 2.45) is 5.92 Å². The van der Waals surface area contributed by atoms with Gasteiger partial charge in [-0.15, -0.1) is 11.6 Å². The molecule has 1 amide bonds. The zero-order valence-electron chi connectivity index (χ0n) is 15.1. The molecule has 25 heavy (non-hydrogen) atoms. The zero-order chi connectivity index (χ0) is 17.4. The smallest absolute Gasteiger partial charge is 0.253 e. The van der Waals surface area contributed by atoms with Crippen LogP contribution in [0.15, 0.2) is 0 Å². The van der Waals surface area contributed by atoms with E-state index in [0.717, 1.165) is 51.2 Å². The van der Waals surface area contributed by atoms with E-state index in [1.807, 2.05) is 0 Å². The molecule has 8 heteroatoms. The molecule has 7 nitrogen and oxygen atoms in total. The third kappa shape index (κ3) is 3.68. The van der Waals surface area contributed by atoms with Crippen molar-refractivity contribution in [3.63, 3.8) is 0 Å². The maximum atomic E-state index is 11.8. The molecule has 4 rings (SSSR count). The van der Waals surface area contributed by atoms with Gasteiger partial charge in [0.05, 0.1) is 0 Å². The highest BCUT2D eigenvalue weighted by atomic mass is 35.5. The highest BCUT2D eigenvalue weighted by molar-refractivity contribution is 6.31. The summed E-state index contributed by atoms with van der Waals surface area (Å²) in [5, 5.41) is 1.91. The highest BCUT2D eigenvalue weighted by Crippen LogP contribution is 2.34. The molecule has 4 aliphatic rings. The number of amides is 1. The van der Waals surface area contributed by atoms with Crippen LogP contribution in [0.5, 0.6) is 0 Å². The standard InChI is InChI=1S/C17H31ClN6O/c1-22-14-5-3-2-4-12(14)13(21-22)11-23-6-8-24(9-7-23)15-10-19-20-17(25)16(15)18/h12-16,19,21H,2-11H2,1H3,(H,20,25). The van der Waals surface area contributed by atoms with Gasteiger partial charge in [0.2, 0.25) is 0 Å². The van der Waals surface area contributed by atoms with Crippen LogP contribution in [0.3, 0.4) is 0 Å². The van der Waals surface area contributed by atoms with Gasteiger partial charge in [0, 0.05) is 64.4 Å². The number of carbonyl (C=O) groups excluding carboxylic acids is 1. The number of alkyl halides is 1. The molecule has 0 spiro atoms. The van der Waals surface area contributed by atoms with E-state index in [1.54, 1.807) is 0 Å². The predicted molar refractivity (Wildman–Crippen MR) is 98.0 cm³/mol. The lowest BCUT2D eigenvalue weighted by Crippen LogP contribution is -2.64. The summed E-state index contributed by atoms with van der Waals surface area (Å²) in [5.41, 5.74) is 9.31. The zero-order valence-corrected chi connectivity index (χ0v) is 15.8. The first kappa shape index (κ1) is 17.9. The van der Waals surface area contributed by atoms with E-state index in [1.165, 1.54) is 25.7 Å². The third-order valence-corrected chi connectivity index (χ3v) is 7.10. The number of carbonyl (C=O) groups is 1. The van der Waals surface area contributed by atoms with Crippen molar-refractivity contribution >= 4 is 17.5 Å². The molecular weight excluding hydrogens is 340 g/mol. The summed E-state index contributed by atoms with van der Waals surface area (Å²) >= 11 is 6.31. The molecule has 5 unspecified atom stereocenters. The lowest BCUT2D eigenvalue weighted by molar-refractivity contribution is -0.125. The number of hydrazine groups is 2. The van der Waals surface area contributed by atoms with E-state index in [-0.39, 0.29) is 11.9 Å². The van der Waals surface area contributed by atoms with Gasteiger partial charge in [0.25, 0.3) is 5.91 Å². The monoisotopic (exact) mass is 370 g/mol. The van der Waals surface area contributed by atoms with E-state index in [2.05, 4.69) is 38.1 Å². The van der Waals surface area contributed by atoms with Gasteiger partial charge in [-0.05, 0) is 18.8 Å². The van der Waals surface area contributed by atoms with Crippen molar-refractivity contribution in [3.05, 3.63) is 0 Å². The number of hydrogen-bond acceptors (Lipinski definition) is 6. The third-order valence-electron chi connectivity index (χ3n) is 6.61. The van der Waals surface area contributed by atoms with Crippen molar-refractivity contribution in [2.75, 3.05) is 46.3 Å². The Morgan fingerprint density at radius 3 is 2.68 bits per heavy atom. The van der Waals surface area contributed by atoms with Gasteiger partial charge in [0.1, 0.15) is 5.38 Å². The normalized spacial score (nSPS) is 41.5. The molecule has 0 aromatic rings. The summed E-state index contributed by atoms with van der Waals surface area (Å²) in [5.74, 6) is 0.692. The van der Waals surface area contributed by atoms with Crippen LogP contribution in [0.25, 0.3) is 0 Å². The molecule has 3 aliphatic heterocycles. The maximum Gasteiger partial charge on any atom is 0.253 e. The van der Waals surface area contributed by atoms with Crippen molar-refractivity contribution in [1.82, 2.24) is 31.1 Å². The molecule has 142 valence electrons. The molecule has 4 fully saturated rings. The Bertz CT molecular complexity index is 486. The van der Waals surface area contributed by atoms with Crippen molar-refractivity contribution < 1.29 is 4.79 Å². The molecule has 3 saturated heterocycles. The van der Waals surface area contributed by atoms with Crippen LogP contribution in [-0.2, 0) is 4.79 Å². The van der Waals surface area contributed by atoms with E-state index < -0.39 is 5.38 Å². The molecule has 0 radical (unpaired) electrons. The summed E-state index contributed by atoms with van der Waals surface area (Å²) in [7, 11) is 2.21. The molecule has 5 atom stereocenters. The molecule has 3 N–H and O–H groups in total. The topological polar surface area (TPSA) is 62.9 Å². The molecular formula is C17H31ClN6O. The van der Waals surface area contributed by atoms with Crippen molar-refractivity contribution in [1.29, 1.82) is 0 Å². The molecule has 0 aromatic carbocycles. The van der Waals surface area contributed by atoms with E-state index in [9.17, 15) is 4.79 Å². The first-order chi connectivity index (χ1) is 12.1. The average molecular weight is 371 g/mol. The Morgan fingerprint density at radius 2 is 1.88 bits per heavy atom. The molecule has 0 bridgehead atoms. The fourth-order valence-corrected chi connectivity index (χ4v) is 5.48. The van der Waals surface area contributed by atoms with Crippen LogP contribution >= 0.6 is 11.6 Å². The van der Waals surface area contributed by atoms with Crippen LogP contribution in [0.4, 0.5) is 0 Å². The average Bonchev–Trinajstić information content (AvgIpc) is 2.94. The second kappa shape index (κ2) is 7.66. The fraction of sp³-hybridized carbons (Fsp3) is 0.941. The minimum Gasteiger partial charge on any atom is -0.299 e. The lowest BCUT2D eigenvalue weighted by Gasteiger charge is -2.43. The van der Waals surface area contributed by atoms with Gasteiger partial charge in [0.15, 0.2) is 0 Å². The van der Waals surface area contributed by atoms with Crippen LogP contribution in [0.1, 0.15) is 25.7 Å². The predicted octanol–water partition coefficient (Wildman–Crippen LogP) is -0.408. The van der Waals surface area contributed by atoms with Crippen LogP contribution in [0, 0.1) is 5.92 Å². The number of fused-ring (bicyclic) bond motifs is 1. The molecule has 0 aromatic heterocycles. The number of rotatable bonds is 3. The number of halogens is 1. The van der Waals surface area contributed by atoms with E-state index in [0.29, 0.717) is 6.04 Å². The van der Waals surface area contributed by atoms with Gasteiger partial charge in [-0.25, -0.2) is 10.4 Å². The Labute approximate surface area is 155 Å². The summed E-state index contributed by atoms with van der Waals surface area (Å²) in [4.78, 5) is 16.7. The summed E-state index contributed by atoms with van der Waals surface area (Å²) < 4.78 is 0. The number of hydrogen-bond donors (Lipinski definition) is 3. The largest absolute Gasteiger partial charge is 0.299 e. The van der Waals surface area contributed by atoms with Gasteiger partial charge in [-0.3, -0.25) is 25.4 Å². The Kier molecular flexibility index (Phi) is 5.50. The van der Waals surface area contributed by atoms with Crippen LogP contribution in [-0.4, -0.2) is 90.5 Å². The van der Waals surface area contributed by atoms with Gasteiger partial charge in [-0.2, -0.15) is 0 Å². The minimum absolute atomic E-state index is 0.0935.